The van der Waals surface area contributed by atoms with E-state index < -0.39 is 23.8 Å². The number of nitriles is 1. The van der Waals surface area contributed by atoms with Crippen LogP contribution < -0.4 is 11.1 Å². The van der Waals surface area contributed by atoms with E-state index in [9.17, 15) is 18.0 Å². The predicted molar refractivity (Wildman–Crippen MR) is 103 cm³/mol. The van der Waals surface area contributed by atoms with Gasteiger partial charge in [0, 0.05) is 23.5 Å². The van der Waals surface area contributed by atoms with Crippen LogP contribution >= 0.6 is 0 Å². The predicted octanol–water partition coefficient (Wildman–Crippen LogP) is 2.37. The number of carbonyl (C=O) groups is 1. The third kappa shape index (κ3) is 3.61. The highest BCUT2D eigenvalue weighted by Crippen LogP contribution is 2.34. The summed E-state index contributed by atoms with van der Waals surface area (Å²) >= 11 is 0. The van der Waals surface area contributed by atoms with E-state index in [2.05, 4.69) is 20.5 Å². The second kappa shape index (κ2) is 7.28. The molecule has 0 saturated carbocycles. The van der Waals surface area contributed by atoms with Gasteiger partial charge in [0.05, 0.1) is 18.3 Å². The number of carbonyl (C=O) groups excluding carboxylic acids is 1. The van der Waals surface area contributed by atoms with E-state index in [0.29, 0.717) is 10.4 Å². The molecule has 158 valence electrons. The molecule has 3 heterocycles. The number of nitrogens with one attached hydrogen (secondary N) is 1. The minimum Gasteiger partial charge on any atom is -0.382 e. The fraction of sp³-hybridized carbons (Fsp3) is 0.211. The van der Waals surface area contributed by atoms with Crippen molar-refractivity contribution >= 4 is 17.4 Å². The number of amides is 1. The fourth-order valence-corrected chi connectivity index (χ4v) is 3.37. The maximum Gasteiger partial charge on any atom is 0.333 e. The van der Waals surface area contributed by atoms with Crippen molar-refractivity contribution in [2.24, 2.45) is 10.7 Å². The van der Waals surface area contributed by atoms with E-state index in [1.807, 2.05) is 6.07 Å². The van der Waals surface area contributed by atoms with E-state index >= 15 is 0 Å². The SMILES string of the molecule is C[C@@]1(c2cc(NC(=O)c3cnn(C(F)F)c3)ccc2F)Cn2nc(C#N)cc2C(N)=N1. The second-order valence-corrected chi connectivity index (χ2v) is 7.09. The van der Waals surface area contributed by atoms with Crippen LogP contribution in [0.2, 0.25) is 0 Å². The lowest BCUT2D eigenvalue weighted by atomic mass is 9.90. The zero-order valence-electron chi connectivity index (χ0n) is 16.1. The number of benzene rings is 1. The summed E-state index contributed by atoms with van der Waals surface area (Å²) in [6.45, 7) is -1.12. The molecule has 3 N–H and O–H groups in total. The van der Waals surface area contributed by atoms with Gasteiger partial charge in [-0.25, -0.2) is 9.07 Å². The molecule has 2 aromatic heterocycles. The van der Waals surface area contributed by atoms with Crippen molar-refractivity contribution in [2.45, 2.75) is 25.6 Å². The van der Waals surface area contributed by atoms with Gasteiger partial charge >= 0.3 is 6.55 Å². The first-order valence-electron chi connectivity index (χ1n) is 8.97. The number of aromatic nitrogens is 4. The van der Waals surface area contributed by atoms with Crippen molar-refractivity contribution in [3.8, 4) is 6.07 Å². The van der Waals surface area contributed by atoms with Crippen LogP contribution in [0.25, 0.3) is 0 Å². The van der Waals surface area contributed by atoms with Gasteiger partial charge in [0.2, 0.25) is 0 Å². The van der Waals surface area contributed by atoms with Crippen molar-refractivity contribution in [3.63, 3.8) is 0 Å². The van der Waals surface area contributed by atoms with E-state index in [0.717, 1.165) is 18.5 Å². The zero-order chi connectivity index (χ0) is 22.3. The Kier molecular flexibility index (Phi) is 4.73. The molecule has 0 fully saturated rings. The number of hydrogen-bond acceptors (Lipinski definition) is 6. The maximum atomic E-state index is 14.7. The molecule has 0 aliphatic carbocycles. The van der Waals surface area contributed by atoms with Gasteiger partial charge in [-0.2, -0.15) is 24.2 Å². The molecule has 4 rings (SSSR count). The van der Waals surface area contributed by atoms with Crippen LogP contribution in [0, 0.1) is 17.1 Å². The smallest absolute Gasteiger partial charge is 0.333 e. The molecule has 1 amide bonds. The van der Waals surface area contributed by atoms with Crippen LogP contribution in [0.3, 0.4) is 0 Å². The summed E-state index contributed by atoms with van der Waals surface area (Å²) in [5.74, 6) is -1.18. The molecule has 1 aromatic carbocycles. The summed E-state index contributed by atoms with van der Waals surface area (Å²) < 4.78 is 41.9. The fourth-order valence-electron chi connectivity index (χ4n) is 3.37. The van der Waals surface area contributed by atoms with Crippen molar-refractivity contribution in [1.29, 1.82) is 5.26 Å². The molecule has 1 aliphatic heterocycles. The number of alkyl halides is 2. The van der Waals surface area contributed by atoms with Crippen molar-refractivity contribution in [1.82, 2.24) is 19.6 Å². The second-order valence-electron chi connectivity index (χ2n) is 7.09. The van der Waals surface area contributed by atoms with Crippen molar-refractivity contribution < 1.29 is 18.0 Å². The highest BCUT2D eigenvalue weighted by molar-refractivity contribution is 6.04. The van der Waals surface area contributed by atoms with E-state index in [-0.39, 0.29) is 34.9 Å². The van der Waals surface area contributed by atoms with E-state index in [1.165, 1.54) is 22.9 Å². The number of rotatable bonds is 4. The van der Waals surface area contributed by atoms with Gasteiger partial charge in [-0.3, -0.25) is 14.5 Å². The molecule has 31 heavy (non-hydrogen) atoms. The quantitative estimate of drug-likeness (QED) is 0.660. The Morgan fingerprint density at radius 2 is 2.16 bits per heavy atom. The van der Waals surface area contributed by atoms with Gasteiger partial charge < -0.3 is 11.1 Å². The molecule has 1 aliphatic rings. The monoisotopic (exact) mass is 428 g/mol. The minimum absolute atomic E-state index is 0.0810. The van der Waals surface area contributed by atoms with Crippen molar-refractivity contribution in [2.75, 3.05) is 5.32 Å². The van der Waals surface area contributed by atoms with Gasteiger partial charge in [0.1, 0.15) is 29.0 Å². The number of fused-ring (bicyclic) bond motifs is 1. The van der Waals surface area contributed by atoms with Gasteiger partial charge in [0.15, 0.2) is 5.69 Å². The molecule has 12 heteroatoms. The standard InChI is InChI=1S/C19H15F3N8O/c1-19(9-30-15(16(24)27-19)5-12(6-23)28-30)13-4-11(2-3-14(13)20)26-17(31)10-7-25-29(8-10)18(21)22/h2-5,7-8,18H,9H2,1H3,(H2,24,27)(H,26,31)/t19-/m0/s1. The van der Waals surface area contributed by atoms with Crippen LogP contribution in [-0.2, 0) is 12.1 Å². The molecule has 3 aromatic rings. The van der Waals surface area contributed by atoms with E-state index in [1.54, 1.807) is 6.92 Å². The first kappa shape index (κ1) is 20.1. The Morgan fingerprint density at radius 3 is 2.84 bits per heavy atom. The van der Waals surface area contributed by atoms with Crippen LogP contribution in [0.4, 0.5) is 18.9 Å². The Bertz CT molecular complexity index is 1260. The third-order valence-corrected chi connectivity index (χ3v) is 4.85. The van der Waals surface area contributed by atoms with Gasteiger partial charge in [-0.1, -0.05) is 0 Å². The largest absolute Gasteiger partial charge is 0.382 e. The molecule has 0 saturated heterocycles. The number of aliphatic imine (C=N–C) groups is 1. The normalized spacial score (nSPS) is 17.7. The number of nitrogens with two attached hydrogens (primary N) is 1. The third-order valence-electron chi connectivity index (χ3n) is 4.85. The highest BCUT2D eigenvalue weighted by atomic mass is 19.3. The van der Waals surface area contributed by atoms with Crippen LogP contribution in [0.15, 0.2) is 41.7 Å². The lowest BCUT2D eigenvalue weighted by Crippen LogP contribution is -2.37. The minimum atomic E-state index is -2.87. The number of hydrogen-bond donors (Lipinski definition) is 2. The van der Waals surface area contributed by atoms with E-state index in [4.69, 9.17) is 11.0 Å². The summed E-state index contributed by atoms with van der Waals surface area (Å²) in [4.78, 5) is 16.8. The molecule has 1 atom stereocenters. The first-order valence-corrected chi connectivity index (χ1v) is 8.97. The maximum absolute atomic E-state index is 14.7. The molecule has 0 unspecified atom stereocenters. The lowest BCUT2D eigenvalue weighted by molar-refractivity contribution is 0.0565. The number of nitrogens with zero attached hydrogens (tertiary/aromatic N) is 6. The lowest BCUT2D eigenvalue weighted by Gasteiger charge is -2.31. The molecule has 0 radical (unpaired) electrons. The Labute approximate surface area is 173 Å². The van der Waals surface area contributed by atoms with Gasteiger partial charge in [-0.15, -0.1) is 0 Å². The Hall–Kier alpha value is -4.14. The number of amidine groups is 1. The zero-order valence-corrected chi connectivity index (χ0v) is 16.1. The average molecular weight is 428 g/mol. The van der Waals surface area contributed by atoms with Crippen LogP contribution in [-0.4, -0.2) is 31.3 Å². The Balaban J connectivity index is 1.64. The molecule has 0 bridgehead atoms. The van der Waals surface area contributed by atoms with Crippen LogP contribution in [0.5, 0.6) is 0 Å². The van der Waals surface area contributed by atoms with Gasteiger partial charge in [0.25, 0.3) is 5.91 Å². The Morgan fingerprint density at radius 1 is 1.39 bits per heavy atom. The first-order chi connectivity index (χ1) is 14.7. The molecular weight excluding hydrogens is 413 g/mol. The summed E-state index contributed by atoms with van der Waals surface area (Å²) in [5, 5.41) is 19.1. The molecular formula is C19H15F3N8O. The van der Waals surface area contributed by atoms with Gasteiger partial charge in [-0.05, 0) is 25.1 Å². The van der Waals surface area contributed by atoms with Crippen molar-refractivity contribution in [3.05, 3.63) is 65.0 Å². The molecule has 0 spiro atoms. The number of anilines is 1. The summed E-state index contributed by atoms with van der Waals surface area (Å²) in [7, 11) is 0. The summed E-state index contributed by atoms with van der Waals surface area (Å²) in [6, 6.07) is 7.29. The average Bonchev–Trinajstić information content (AvgIpc) is 3.36. The molecule has 9 nitrogen and oxygen atoms in total. The summed E-state index contributed by atoms with van der Waals surface area (Å²) in [6.07, 6.45) is 1.91. The summed E-state index contributed by atoms with van der Waals surface area (Å²) in [5.41, 5.74) is 5.74. The highest BCUT2D eigenvalue weighted by Gasteiger charge is 2.35. The topological polar surface area (TPSA) is 127 Å². The number of halogens is 3. The van der Waals surface area contributed by atoms with Crippen LogP contribution in [0.1, 0.15) is 40.8 Å².